The zero-order valence-electron chi connectivity index (χ0n) is 26.7. The summed E-state index contributed by atoms with van der Waals surface area (Å²) >= 11 is 0. The molecule has 2 N–H and O–H groups in total. The summed E-state index contributed by atoms with van der Waals surface area (Å²) in [5.41, 5.74) is 0. The third kappa shape index (κ3) is 20.1. The smallest absolute Gasteiger partial charge is 0.398 e. The molecule has 0 aliphatic rings. The van der Waals surface area contributed by atoms with Crippen molar-refractivity contribution in [3.8, 4) is 0 Å². The van der Waals surface area contributed by atoms with Crippen LogP contribution < -0.4 is 5.32 Å². The molecule has 0 aliphatic carbocycles. The maximum Gasteiger partial charge on any atom is 0.525 e. The molecular weight excluding hydrogens is 713 g/mol. The highest BCUT2D eigenvalue weighted by atomic mass is 28.4. The van der Waals surface area contributed by atoms with Crippen molar-refractivity contribution in [1.82, 2.24) is 10.2 Å². The third-order valence-corrected chi connectivity index (χ3v) is 12.1. The summed E-state index contributed by atoms with van der Waals surface area (Å²) in [6.07, 6.45) is -17.1. The van der Waals surface area contributed by atoms with Gasteiger partial charge < -0.3 is 37.3 Å². The van der Waals surface area contributed by atoms with Gasteiger partial charge in [0.05, 0.1) is 12.7 Å². The van der Waals surface area contributed by atoms with Crippen LogP contribution in [0.2, 0.25) is 18.6 Å². The number of nitrogens with one attached hydrogen (secondary N) is 1. The Balaban J connectivity index is 0. The molecule has 284 valence electrons. The Labute approximate surface area is 267 Å². The molecule has 0 saturated carbocycles. The van der Waals surface area contributed by atoms with Crippen LogP contribution in [0.1, 0.15) is 12.8 Å². The quantitative estimate of drug-likeness (QED) is 0.0952. The van der Waals surface area contributed by atoms with Crippen molar-refractivity contribution < 1.29 is 89.8 Å². The van der Waals surface area contributed by atoms with Crippen LogP contribution in [-0.2, 0) is 36.4 Å². The predicted molar refractivity (Wildman–Crippen MR) is 147 cm³/mol. The first-order valence-corrected chi connectivity index (χ1v) is 18.1. The molecule has 0 rings (SSSR count). The van der Waals surface area contributed by atoms with Crippen LogP contribution in [0.15, 0.2) is 0 Å². The fraction of sp³-hybridized carbons (Fsp3) is 0.957. The van der Waals surface area contributed by atoms with Crippen LogP contribution in [0.4, 0.5) is 48.3 Å². The summed E-state index contributed by atoms with van der Waals surface area (Å²) in [7, 11) is 2.08. The molecule has 0 spiro atoms. The first-order chi connectivity index (χ1) is 21.4. The molecule has 0 heterocycles. The summed E-state index contributed by atoms with van der Waals surface area (Å²) < 4.78 is 166. The van der Waals surface area contributed by atoms with E-state index in [2.05, 4.69) is 4.74 Å². The van der Waals surface area contributed by atoms with Gasteiger partial charge in [-0.3, -0.25) is 9.69 Å². The Hall–Kier alpha value is -1.23. The van der Waals surface area contributed by atoms with Gasteiger partial charge in [0.1, 0.15) is 0 Å². The van der Waals surface area contributed by atoms with Gasteiger partial charge in [0.2, 0.25) is 0 Å². The molecule has 0 fully saturated rings. The van der Waals surface area contributed by atoms with Gasteiger partial charge in [-0.1, -0.05) is 0 Å². The molecule has 2 atom stereocenters. The highest BCUT2D eigenvalue weighted by Gasteiger charge is 2.68. The molecule has 0 aromatic carbocycles. The van der Waals surface area contributed by atoms with E-state index >= 15 is 0 Å². The van der Waals surface area contributed by atoms with Gasteiger partial charge in [0.15, 0.2) is 6.67 Å². The van der Waals surface area contributed by atoms with E-state index in [1.54, 1.807) is 6.55 Å². The summed E-state index contributed by atoms with van der Waals surface area (Å²) in [6, 6.07) is 0.937. The molecule has 0 radical (unpaired) electrons. The van der Waals surface area contributed by atoms with E-state index in [1.807, 2.05) is 0 Å². The fourth-order valence-electron chi connectivity index (χ4n) is 3.56. The number of aliphatic hydroxyl groups is 1. The number of rotatable bonds is 22. The maximum atomic E-state index is 14.1. The second kappa shape index (κ2) is 21.8. The molecule has 24 heteroatoms. The topological polar surface area (TPSA) is 117 Å². The van der Waals surface area contributed by atoms with E-state index in [9.17, 15) is 58.2 Å². The first kappa shape index (κ1) is 47.9. The van der Waals surface area contributed by atoms with Gasteiger partial charge in [0.25, 0.3) is 5.91 Å². The zero-order valence-corrected chi connectivity index (χ0v) is 28.7. The molecule has 0 aromatic rings. The van der Waals surface area contributed by atoms with Gasteiger partial charge in [0, 0.05) is 67.8 Å². The highest BCUT2D eigenvalue weighted by Crippen LogP contribution is 2.40. The van der Waals surface area contributed by atoms with Gasteiger partial charge in [-0.2, -0.15) is 30.7 Å². The molecular formula is C23H43F11N2O9Si2. The van der Waals surface area contributed by atoms with E-state index in [1.165, 1.54) is 45.8 Å². The number of carbonyl (C=O) groups is 1. The van der Waals surface area contributed by atoms with E-state index in [0.717, 1.165) is 0 Å². The summed E-state index contributed by atoms with van der Waals surface area (Å²) in [4.78, 5) is 13.3. The molecule has 47 heavy (non-hydrogen) atoms. The van der Waals surface area contributed by atoms with Gasteiger partial charge in [-0.25, -0.2) is 9.13 Å². The second-order valence-electron chi connectivity index (χ2n) is 9.72. The van der Waals surface area contributed by atoms with Crippen molar-refractivity contribution in [2.45, 2.75) is 62.2 Å². The first-order valence-electron chi connectivity index (χ1n) is 13.6. The number of halogens is 11. The van der Waals surface area contributed by atoms with Crippen molar-refractivity contribution in [2.75, 3.05) is 81.6 Å². The predicted octanol–water partition coefficient (Wildman–Crippen LogP) is 4.09. The highest BCUT2D eigenvalue weighted by molar-refractivity contribution is 6.65. The van der Waals surface area contributed by atoms with Crippen LogP contribution in [0.25, 0.3) is 0 Å². The Bertz CT molecular complexity index is 847. The van der Waals surface area contributed by atoms with Crippen LogP contribution in [0.3, 0.4) is 0 Å². The monoisotopic (exact) mass is 756 g/mol. The number of aliphatic hydroxyl groups excluding tert-OH is 1. The summed E-state index contributed by atoms with van der Waals surface area (Å²) in [5.74, 6) is -8.30. The molecule has 2 unspecified atom stereocenters. The minimum atomic E-state index is -6.30. The van der Waals surface area contributed by atoms with E-state index in [0.29, 0.717) is 24.9 Å². The molecule has 0 bridgehead atoms. The summed E-state index contributed by atoms with van der Waals surface area (Å²) in [6.45, 7) is -1.13. The lowest BCUT2D eigenvalue weighted by molar-refractivity contribution is -0.432. The Morgan fingerprint density at radius 3 is 1.74 bits per heavy atom. The standard InChI is InChI=1S/C21H41F7N2O9Si2.C2H2F4/c1-33-40(6,34-2)13-7-10-30(15-17(31)16-38-12-8-14-41(35-3,36-4)37-5)11-9-29-18(32)19(22,20(23,24)25)39-21(26,27)28;3-1-2(4,5)6/h17,31H,7-16H2,1-6H3,(H,29,32);1H2. The van der Waals surface area contributed by atoms with Crippen molar-refractivity contribution in [1.29, 1.82) is 0 Å². The molecule has 0 saturated heterocycles. The minimum absolute atomic E-state index is 0.0832. The van der Waals surface area contributed by atoms with E-state index < -0.39 is 67.2 Å². The molecule has 0 aliphatic heterocycles. The average molecular weight is 757 g/mol. The molecule has 0 aromatic heterocycles. The number of alkyl halides is 11. The zero-order chi connectivity index (χ0) is 37.2. The number of ether oxygens (including phenoxy) is 2. The third-order valence-electron chi connectivity index (χ3n) is 6.23. The van der Waals surface area contributed by atoms with Crippen LogP contribution in [-0.4, -0.2) is 146 Å². The number of hydrogen-bond acceptors (Lipinski definition) is 10. The van der Waals surface area contributed by atoms with Crippen molar-refractivity contribution in [2.24, 2.45) is 0 Å². The Kier molecular flexibility index (Phi) is 22.2. The van der Waals surface area contributed by atoms with Gasteiger partial charge >= 0.3 is 41.9 Å². The van der Waals surface area contributed by atoms with Gasteiger partial charge in [-0.15, -0.1) is 13.2 Å². The van der Waals surface area contributed by atoms with Crippen molar-refractivity contribution in [3.05, 3.63) is 0 Å². The number of nitrogens with zero attached hydrogens (tertiary/aromatic N) is 1. The van der Waals surface area contributed by atoms with Crippen molar-refractivity contribution >= 4 is 23.3 Å². The molecule has 11 nitrogen and oxygen atoms in total. The van der Waals surface area contributed by atoms with Crippen LogP contribution in [0, 0.1) is 0 Å². The SMILES string of the molecule is CO[Si](C)(CCCN(CCNC(=O)C(F)(OC(F)(F)F)C(F)(F)F)CC(O)COCCC[Si](OC)(OC)OC)OC.FCC(F)(F)F. The average Bonchev–Trinajstić information content (AvgIpc) is 2.97. The lowest BCUT2D eigenvalue weighted by Crippen LogP contribution is -2.58. The van der Waals surface area contributed by atoms with E-state index in [4.69, 9.17) is 26.9 Å². The lowest BCUT2D eigenvalue weighted by atomic mass is 10.2. The Morgan fingerprint density at radius 1 is 0.830 bits per heavy atom. The largest absolute Gasteiger partial charge is 0.525 e. The van der Waals surface area contributed by atoms with Crippen LogP contribution >= 0.6 is 0 Å². The van der Waals surface area contributed by atoms with Gasteiger partial charge in [-0.05, 0) is 32.0 Å². The number of hydrogen-bond donors (Lipinski definition) is 2. The lowest BCUT2D eigenvalue weighted by Gasteiger charge is -2.29. The Morgan fingerprint density at radius 2 is 1.34 bits per heavy atom. The summed E-state index contributed by atoms with van der Waals surface area (Å²) in [5, 5.41) is 11.9. The number of amides is 1. The normalized spacial score (nSPS) is 15.2. The van der Waals surface area contributed by atoms with Crippen LogP contribution in [0.5, 0.6) is 0 Å². The maximum absolute atomic E-state index is 14.1. The number of carbonyl (C=O) groups excluding carboxylic acids is 1. The second-order valence-corrected chi connectivity index (χ2v) is 16.4. The minimum Gasteiger partial charge on any atom is -0.398 e. The molecule has 1 amide bonds. The fourth-order valence-corrected chi connectivity index (χ4v) is 6.62. The van der Waals surface area contributed by atoms with E-state index in [-0.39, 0.29) is 32.8 Å². The van der Waals surface area contributed by atoms with Crippen molar-refractivity contribution in [3.63, 3.8) is 0 Å².